The Morgan fingerprint density at radius 2 is 2.21 bits per heavy atom. The maximum Gasteiger partial charge on any atom is 0.317 e. The summed E-state index contributed by atoms with van der Waals surface area (Å²) in [5.74, 6) is -0.893. The number of aryl methyl sites for hydroxylation is 1. The number of sulfonamides is 1. The lowest BCUT2D eigenvalue weighted by atomic mass is 9.86. The van der Waals surface area contributed by atoms with E-state index in [1.54, 1.807) is 6.92 Å². The summed E-state index contributed by atoms with van der Waals surface area (Å²) in [4.78, 5) is 16.5. The predicted molar refractivity (Wildman–Crippen MR) is 85.7 cm³/mol. The second-order valence-electron chi connectivity index (χ2n) is 5.82. The molecule has 1 aromatic rings. The van der Waals surface area contributed by atoms with Crippen molar-refractivity contribution in [2.24, 2.45) is 0 Å². The summed E-state index contributed by atoms with van der Waals surface area (Å²) in [7, 11) is -3.75. The van der Waals surface area contributed by atoms with Crippen LogP contribution in [0.4, 0.5) is 0 Å². The molecule has 1 aliphatic rings. The highest BCUT2D eigenvalue weighted by Crippen LogP contribution is 2.27. The van der Waals surface area contributed by atoms with Crippen LogP contribution in [0, 0.1) is 18.3 Å². The zero-order chi connectivity index (χ0) is 17.9. The summed E-state index contributed by atoms with van der Waals surface area (Å²) in [6.45, 7) is 4.07. The Hall–Kier alpha value is -2.02. The van der Waals surface area contributed by atoms with Gasteiger partial charge in [-0.1, -0.05) is 6.92 Å². The Labute approximate surface area is 141 Å². The van der Waals surface area contributed by atoms with E-state index >= 15 is 0 Å². The number of nitrogens with zero attached hydrogens (tertiary/aromatic N) is 3. The summed E-state index contributed by atoms with van der Waals surface area (Å²) in [5.41, 5.74) is 0.704. The van der Waals surface area contributed by atoms with Crippen LogP contribution in [0.1, 0.15) is 31.0 Å². The van der Waals surface area contributed by atoms with Crippen molar-refractivity contribution in [3.05, 3.63) is 23.5 Å². The largest absolute Gasteiger partial charge is 0.480 e. The van der Waals surface area contributed by atoms with Crippen molar-refractivity contribution in [2.75, 3.05) is 13.1 Å². The summed E-state index contributed by atoms with van der Waals surface area (Å²) >= 11 is 0. The number of aliphatic carboxylic acids is 1. The fourth-order valence-corrected chi connectivity index (χ4v) is 3.95. The van der Waals surface area contributed by atoms with Crippen LogP contribution in [-0.2, 0) is 14.8 Å². The van der Waals surface area contributed by atoms with E-state index in [0.29, 0.717) is 25.1 Å². The van der Waals surface area contributed by atoms with E-state index in [1.807, 2.05) is 17.9 Å². The van der Waals surface area contributed by atoms with E-state index in [0.717, 1.165) is 0 Å². The average molecular weight is 352 g/mol. The smallest absolute Gasteiger partial charge is 0.317 e. The molecule has 2 rings (SSSR count). The number of nitriles is 1. The van der Waals surface area contributed by atoms with E-state index in [1.165, 1.54) is 12.3 Å². The summed E-state index contributed by atoms with van der Waals surface area (Å²) in [5, 5.41) is 17.9. The van der Waals surface area contributed by atoms with Crippen molar-refractivity contribution >= 4 is 16.0 Å². The predicted octanol–water partition coefficient (Wildman–Crippen LogP) is 0.478. The highest BCUT2D eigenvalue weighted by molar-refractivity contribution is 7.89. The standard InChI is InChI=1S/C15H20N4O4S/c1-3-19(9-15(20)21)13-5-12(6-13)18-24(22,23)14-4-11(7-16)10(2)17-8-14/h4,8,12-13,18H,3,5-6,9H2,1-2H3,(H,20,21). The van der Waals surface area contributed by atoms with Gasteiger partial charge in [0.05, 0.1) is 17.8 Å². The molecule has 0 atom stereocenters. The molecular formula is C15H20N4O4S. The van der Waals surface area contributed by atoms with Gasteiger partial charge in [0.2, 0.25) is 10.0 Å². The normalized spacial score (nSPS) is 20.4. The van der Waals surface area contributed by atoms with E-state index < -0.39 is 16.0 Å². The Balaban J connectivity index is 2.00. The number of nitrogens with one attached hydrogen (secondary N) is 1. The number of aromatic nitrogens is 1. The Morgan fingerprint density at radius 3 is 2.75 bits per heavy atom. The third-order valence-corrected chi connectivity index (χ3v) is 5.68. The molecule has 1 heterocycles. The maximum absolute atomic E-state index is 12.4. The minimum atomic E-state index is -3.75. The van der Waals surface area contributed by atoms with Crippen molar-refractivity contribution in [3.8, 4) is 6.07 Å². The van der Waals surface area contributed by atoms with Gasteiger partial charge in [0.15, 0.2) is 0 Å². The fourth-order valence-electron chi connectivity index (χ4n) is 2.72. The summed E-state index contributed by atoms with van der Waals surface area (Å²) in [6, 6.07) is 3.05. The van der Waals surface area contributed by atoms with E-state index in [-0.39, 0.29) is 29.1 Å². The van der Waals surface area contributed by atoms with Crippen molar-refractivity contribution in [3.63, 3.8) is 0 Å². The van der Waals surface area contributed by atoms with Crippen LogP contribution in [0.25, 0.3) is 0 Å². The van der Waals surface area contributed by atoms with Gasteiger partial charge < -0.3 is 5.11 Å². The first-order valence-electron chi connectivity index (χ1n) is 7.61. The van der Waals surface area contributed by atoms with Crippen LogP contribution in [-0.4, -0.2) is 54.6 Å². The summed E-state index contributed by atoms with van der Waals surface area (Å²) in [6.07, 6.45) is 2.35. The molecule has 0 bridgehead atoms. The topological polar surface area (TPSA) is 123 Å². The number of carboxylic acids is 1. The third-order valence-electron chi connectivity index (χ3n) is 4.19. The van der Waals surface area contributed by atoms with Crippen molar-refractivity contribution in [2.45, 2.75) is 43.7 Å². The highest BCUT2D eigenvalue weighted by atomic mass is 32.2. The SMILES string of the molecule is CCN(CC(=O)O)C1CC(NS(=O)(=O)c2cnc(C)c(C#N)c2)C1. The van der Waals surface area contributed by atoms with E-state index in [9.17, 15) is 13.2 Å². The van der Waals surface area contributed by atoms with Crippen LogP contribution >= 0.6 is 0 Å². The highest BCUT2D eigenvalue weighted by Gasteiger charge is 2.36. The molecule has 1 saturated carbocycles. The van der Waals surface area contributed by atoms with Crippen LogP contribution in [0.3, 0.4) is 0 Å². The van der Waals surface area contributed by atoms with Gasteiger partial charge >= 0.3 is 5.97 Å². The molecule has 1 aromatic heterocycles. The van der Waals surface area contributed by atoms with Crippen LogP contribution < -0.4 is 4.72 Å². The molecule has 24 heavy (non-hydrogen) atoms. The monoisotopic (exact) mass is 352 g/mol. The molecule has 0 radical (unpaired) electrons. The van der Waals surface area contributed by atoms with Crippen LogP contribution in [0.15, 0.2) is 17.2 Å². The van der Waals surface area contributed by atoms with E-state index in [2.05, 4.69) is 9.71 Å². The van der Waals surface area contributed by atoms with E-state index in [4.69, 9.17) is 10.4 Å². The van der Waals surface area contributed by atoms with Gasteiger partial charge in [-0.2, -0.15) is 5.26 Å². The molecule has 0 saturated heterocycles. The number of likely N-dealkylation sites (N-methyl/N-ethyl adjacent to an activating group) is 1. The average Bonchev–Trinajstić information content (AvgIpc) is 2.48. The van der Waals surface area contributed by atoms with Gasteiger partial charge in [-0.25, -0.2) is 13.1 Å². The minimum Gasteiger partial charge on any atom is -0.480 e. The van der Waals surface area contributed by atoms with Crippen LogP contribution in [0.2, 0.25) is 0 Å². The van der Waals surface area contributed by atoms with Gasteiger partial charge in [0.25, 0.3) is 0 Å². The Morgan fingerprint density at radius 1 is 1.54 bits per heavy atom. The summed E-state index contributed by atoms with van der Waals surface area (Å²) < 4.78 is 27.3. The molecule has 0 unspecified atom stereocenters. The number of pyridine rings is 1. The quantitative estimate of drug-likeness (QED) is 0.731. The van der Waals surface area contributed by atoms with Gasteiger partial charge in [-0.05, 0) is 32.4 Å². The van der Waals surface area contributed by atoms with Gasteiger partial charge in [0.1, 0.15) is 11.0 Å². The van der Waals surface area contributed by atoms with Gasteiger partial charge in [-0.15, -0.1) is 0 Å². The zero-order valence-electron chi connectivity index (χ0n) is 13.6. The Kier molecular flexibility index (Phi) is 5.54. The Bertz CT molecular complexity index is 766. The molecule has 2 N–H and O–H groups in total. The van der Waals surface area contributed by atoms with Crippen molar-refractivity contribution < 1.29 is 18.3 Å². The molecule has 9 heteroatoms. The number of hydrogen-bond acceptors (Lipinski definition) is 6. The minimum absolute atomic E-state index is 0.0361. The fraction of sp³-hybridized carbons (Fsp3) is 0.533. The van der Waals surface area contributed by atoms with Crippen molar-refractivity contribution in [1.82, 2.24) is 14.6 Å². The first-order valence-corrected chi connectivity index (χ1v) is 9.10. The maximum atomic E-state index is 12.4. The second-order valence-corrected chi connectivity index (χ2v) is 7.53. The molecule has 0 aromatic carbocycles. The molecule has 1 fully saturated rings. The molecule has 0 aliphatic heterocycles. The molecule has 130 valence electrons. The lowest BCUT2D eigenvalue weighted by molar-refractivity contribution is -0.139. The second kappa shape index (κ2) is 7.25. The lowest BCUT2D eigenvalue weighted by Crippen LogP contribution is -2.54. The molecule has 0 spiro atoms. The number of carboxylic acid groups (broad SMARTS) is 1. The van der Waals surface area contributed by atoms with Crippen LogP contribution in [0.5, 0.6) is 0 Å². The number of hydrogen-bond donors (Lipinski definition) is 2. The third kappa shape index (κ3) is 4.08. The molecule has 0 amide bonds. The number of rotatable bonds is 7. The lowest BCUT2D eigenvalue weighted by Gasteiger charge is -2.42. The first-order chi connectivity index (χ1) is 11.3. The van der Waals surface area contributed by atoms with Gasteiger partial charge in [-0.3, -0.25) is 14.7 Å². The molecule has 8 nitrogen and oxygen atoms in total. The molecule has 1 aliphatic carbocycles. The van der Waals surface area contributed by atoms with Gasteiger partial charge in [0, 0.05) is 18.3 Å². The van der Waals surface area contributed by atoms with Crippen molar-refractivity contribution in [1.29, 1.82) is 5.26 Å². The zero-order valence-corrected chi connectivity index (χ0v) is 14.4. The first kappa shape index (κ1) is 18.3. The molecular weight excluding hydrogens is 332 g/mol. The number of carbonyl (C=O) groups is 1.